The first-order valence-electron chi connectivity index (χ1n) is 12.1. The summed E-state index contributed by atoms with van der Waals surface area (Å²) in [7, 11) is 1.58. The zero-order chi connectivity index (χ0) is 26.6. The van der Waals surface area contributed by atoms with Gasteiger partial charge in [0.25, 0.3) is 0 Å². The number of rotatable bonds is 8. The molecule has 1 atom stereocenters. The maximum absolute atomic E-state index is 13.7. The van der Waals surface area contributed by atoms with E-state index in [0.717, 1.165) is 32.9 Å². The Balaban J connectivity index is 1.76. The molecule has 2 aromatic carbocycles. The number of aryl methyl sites for hydroxylation is 1. The highest BCUT2D eigenvalue weighted by Gasteiger charge is 2.38. The van der Waals surface area contributed by atoms with Gasteiger partial charge in [0.15, 0.2) is 0 Å². The highest BCUT2D eigenvalue weighted by molar-refractivity contribution is 8.00. The largest absolute Gasteiger partial charge is 0.383 e. The summed E-state index contributed by atoms with van der Waals surface area (Å²) in [5.41, 5.74) is 4.38. The molecule has 0 fully saturated rings. The SMILES string of the molecule is COCCNC(=O)CN1C(=O)CS[C@H](c2ccccc2Cl)c2c(-c3cccs3)nn(-c3ccccc3C)c21. The van der Waals surface area contributed by atoms with Crippen molar-refractivity contribution < 1.29 is 14.3 Å². The van der Waals surface area contributed by atoms with Gasteiger partial charge >= 0.3 is 0 Å². The van der Waals surface area contributed by atoms with Crippen LogP contribution in [0.2, 0.25) is 5.02 Å². The van der Waals surface area contributed by atoms with Gasteiger partial charge in [0.2, 0.25) is 11.8 Å². The van der Waals surface area contributed by atoms with Gasteiger partial charge in [-0.3, -0.25) is 14.5 Å². The first kappa shape index (κ1) is 26.5. The van der Waals surface area contributed by atoms with Gasteiger partial charge in [-0.05, 0) is 41.6 Å². The maximum Gasteiger partial charge on any atom is 0.240 e. The molecule has 10 heteroatoms. The number of nitrogens with one attached hydrogen (secondary N) is 1. The first-order valence-corrected chi connectivity index (χ1v) is 14.4. The van der Waals surface area contributed by atoms with Crippen LogP contribution in [0, 0.1) is 6.92 Å². The standard InChI is InChI=1S/C28H27ClN4O3S2/c1-18-8-3-6-11-21(18)33-28-25(26(31-33)22-12-7-15-37-22)27(19-9-4-5-10-20(19)29)38-17-24(35)32(28)16-23(34)30-13-14-36-2/h3-12,15,27H,13-14,16-17H2,1-2H3,(H,30,34)/t27-/m1/s1. The number of hydrogen-bond acceptors (Lipinski definition) is 6. The van der Waals surface area contributed by atoms with Crippen molar-refractivity contribution in [1.82, 2.24) is 15.1 Å². The summed E-state index contributed by atoms with van der Waals surface area (Å²) in [6.45, 7) is 2.62. The molecule has 0 saturated heterocycles. The fraction of sp³-hybridized carbons (Fsp3) is 0.250. The van der Waals surface area contributed by atoms with Crippen molar-refractivity contribution in [2.75, 3.05) is 37.5 Å². The molecule has 2 aromatic heterocycles. The van der Waals surface area contributed by atoms with Crippen LogP contribution in [0.3, 0.4) is 0 Å². The maximum atomic E-state index is 13.7. The average molecular weight is 567 g/mol. The summed E-state index contributed by atoms with van der Waals surface area (Å²) >= 11 is 9.81. The fourth-order valence-corrected chi connectivity index (χ4v) is 6.78. The van der Waals surface area contributed by atoms with Crippen LogP contribution < -0.4 is 10.2 Å². The molecular weight excluding hydrogens is 540 g/mol. The van der Waals surface area contributed by atoms with E-state index in [2.05, 4.69) is 5.32 Å². The number of methoxy groups -OCH3 is 1. The molecule has 4 aromatic rings. The smallest absolute Gasteiger partial charge is 0.240 e. The van der Waals surface area contributed by atoms with E-state index in [4.69, 9.17) is 21.4 Å². The van der Waals surface area contributed by atoms with Crippen LogP contribution >= 0.6 is 34.7 Å². The number of amides is 2. The molecule has 0 radical (unpaired) electrons. The number of aromatic nitrogens is 2. The Morgan fingerprint density at radius 2 is 1.95 bits per heavy atom. The van der Waals surface area contributed by atoms with Crippen molar-refractivity contribution in [1.29, 1.82) is 0 Å². The van der Waals surface area contributed by atoms with Gasteiger partial charge in [-0.1, -0.05) is 54.1 Å². The molecule has 5 rings (SSSR count). The molecule has 0 spiro atoms. The number of anilines is 1. The van der Waals surface area contributed by atoms with Crippen LogP contribution in [0.4, 0.5) is 5.82 Å². The fourth-order valence-electron chi connectivity index (χ4n) is 4.51. The zero-order valence-electron chi connectivity index (χ0n) is 21.0. The lowest BCUT2D eigenvalue weighted by Crippen LogP contribution is -2.43. The van der Waals surface area contributed by atoms with Gasteiger partial charge in [-0.25, -0.2) is 4.68 Å². The van der Waals surface area contributed by atoms with E-state index in [1.807, 2.05) is 77.6 Å². The lowest BCUT2D eigenvalue weighted by Gasteiger charge is -2.23. The number of para-hydroxylation sites is 1. The molecule has 3 heterocycles. The van der Waals surface area contributed by atoms with E-state index < -0.39 is 0 Å². The Morgan fingerprint density at radius 1 is 1.16 bits per heavy atom. The first-order chi connectivity index (χ1) is 18.5. The van der Waals surface area contributed by atoms with Gasteiger partial charge in [-0.2, -0.15) is 5.10 Å². The van der Waals surface area contributed by atoms with Crippen molar-refractivity contribution in [3.05, 3.63) is 87.8 Å². The van der Waals surface area contributed by atoms with Crippen LogP contribution in [0.15, 0.2) is 66.0 Å². The molecule has 1 aliphatic rings. The molecule has 0 bridgehead atoms. The number of fused-ring (bicyclic) bond motifs is 1. The molecule has 2 amide bonds. The van der Waals surface area contributed by atoms with Crippen LogP contribution in [-0.2, 0) is 14.3 Å². The second-order valence-corrected chi connectivity index (χ2v) is 11.2. The monoisotopic (exact) mass is 566 g/mol. The van der Waals surface area contributed by atoms with Crippen LogP contribution in [-0.4, -0.2) is 54.2 Å². The second-order valence-electron chi connectivity index (χ2n) is 8.80. The van der Waals surface area contributed by atoms with E-state index in [-0.39, 0.29) is 29.4 Å². The number of halogens is 1. The summed E-state index contributed by atoms with van der Waals surface area (Å²) in [4.78, 5) is 29.2. The molecule has 38 heavy (non-hydrogen) atoms. The quantitative estimate of drug-likeness (QED) is 0.285. The summed E-state index contributed by atoms with van der Waals surface area (Å²) in [5, 5.41) is 10.3. The number of carbonyl (C=O) groups excluding carboxylic acids is 2. The molecule has 7 nitrogen and oxygen atoms in total. The minimum atomic E-state index is -0.266. The van der Waals surface area contributed by atoms with Crippen LogP contribution in [0.25, 0.3) is 16.3 Å². The lowest BCUT2D eigenvalue weighted by atomic mass is 10.0. The highest BCUT2D eigenvalue weighted by Crippen LogP contribution is 2.50. The van der Waals surface area contributed by atoms with Crippen LogP contribution in [0.5, 0.6) is 0 Å². The zero-order valence-corrected chi connectivity index (χ0v) is 23.4. The number of nitrogens with zero attached hydrogens (tertiary/aromatic N) is 3. The third-order valence-electron chi connectivity index (χ3n) is 6.31. The highest BCUT2D eigenvalue weighted by atomic mass is 35.5. The number of thiophene rings is 1. The van der Waals surface area contributed by atoms with Gasteiger partial charge in [0.05, 0.1) is 28.2 Å². The Morgan fingerprint density at radius 3 is 2.68 bits per heavy atom. The summed E-state index contributed by atoms with van der Waals surface area (Å²) < 4.78 is 6.88. The van der Waals surface area contributed by atoms with E-state index in [9.17, 15) is 9.59 Å². The Bertz CT molecular complexity index is 1450. The lowest BCUT2D eigenvalue weighted by molar-refractivity contribution is -0.123. The van der Waals surface area contributed by atoms with Crippen molar-refractivity contribution in [2.24, 2.45) is 0 Å². The Labute approximate surface area is 234 Å². The van der Waals surface area contributed by atoms with Crippen molar-refractivity contribution in [2.45, 2.75) is 12.2 Å². The van der Waals surface area contributed by atoms with Gasteiger partial charge in [-0.15, -0.1) is 23.1 Å². The van der Waals surface area contributed by atoms with E-state index in [1.54, 1.807) is 23.3 Å². The minimum Gasteiger partial charge on any atom is -0.383 e. The van der Waals surface area contributed by atoms with Crippen molar-refractivity contribution in [3.8, 4) is 16.3 Å². The van der Waals surface area contributed by atoms with Gasteiger partial charge in [0.1, 0.15) is 18.1 Å². The summed E-state index contributed by atoms with van der Waals surface area (Å²) in [6, 6.07) is 19.6. The molecule has 1 N–H and O–H groups in total. The number of benzene rings is 2. The van der Waals surface area contributed by atoms with E-state index in [0.29, 0.717) is 24.0 Å². The molecule has 0 unspecified atom stereocenters. The summed E-state index contributed by atoms with van der Waals surface area (Å²) in [6.07, 6.45) is 0. The number of thioether (sulfide) groups is 1. The van der Waals surface area contributed by atoms with E-state index in [1.165, 1.54) is 11.8 Å². The summed E-state index contributed by atoms with van der Waals surface area (Å²) in [5.74, 6) is 0.343. The van der Waals surface area contributed by atoms with Crippen molar-refractivity contribution >= 4 is 52.3 Å². The van der Waals surface area contributed by atoms with Crippen molar-refractivity contribution in [3.63, 3.8) is 0 Å². The molecular formula is C28H27ClN4O3S2. The van der Waals surface area contributed by atoms with Gasteiger partial charge < -0.3 is 10.1 Å². The third-order valence-corrected chi connectivity index (χ3v) is 8.76. The topological polar surface area (TPSA) is 76.5 Å². The Kier molecular flexibility index (Phi) is 8.18. The number of ether oxygens (including phenoxy) is 1. The predicted octanol–water partition coefficient (Wildman–Crippen LogP) is 5.49. The molecule has 0 aliphatic carbocycles. The van der Waals surface area contributed by atoms with Gasteiger partial charge in [0, 0.05) is 24.2 Å². The number of carbonyl (C=O) groups is 2. The third kappa shape index (κ3) is 5.24. The normalized spacial score (nSPS) is 15.3. The Hall–Kier alpha value is -3.11. The van der Waals surface area contributed by atoms with E-state index >= 15 is 0 Å². The molecule has 196 valence electrons. The minimum absolute atomic E-state index is 0.132. The van der Waals surface area contributed by atoms with Crippen LogP contribution in [0.1, 0.15) is 21.9 Å². The predicted molar refractivity (Wildman–Crippen MR) is 155 cm³/mol. The molecule has 0 saturated carbocycles. The number of hydrogen-bond donors (Lipinski definition) is 1. The molecule has 1 aliphatic heterocycles. The second kappa shape index (κ2) is 11.7. The average Bonchev–Trinajstić information content (AvgIpc) is 3.55.